The average molecular weight is 649 g/mol. The van der Waals surface area contributed by atoms with Crippen LogP contribution in [0.5, 0.6) is 0 Å². The number of nitrogens with zero attached hydrogens (tertiary/aromatic N) is 5. The molecule has 13 heteroatoms. The summed E-state index contributed by atoms with van der Waals surface area (Å²) in [4.78, 5) is 60.2. The van der Waals surface area contributed by atoms with E-state index in [2.05, 4.69) is 25.9 Å². The Hall–Kier alpha value is -5.85. The molecule has 6 rings (SSSR count). The Morgan fingerprint density at radius 1 is 0.979 bits per heavy atom. The van der Waals surface area contributed by atoms with Gasteiger partial charge in [0.25, 0.3) is 5.91 Å². The van der Waals surface area contributed by atoms with Crippen molar-refractivity contribution in [2.75, 3.05) is 18.4 Å². The zero-order valence-electron chi connectivity index (χ0n) is 26.4. The molecule has 0 fully saturated rings. The van der Waals surface area contributed by atoms with Crippen LogP contribution >= 0.6 is 0 Å². The molecule has 4 aromatic rings. The van der Waals surface area contributed by atoms with Gasteiger partial charge in [0.2, 0.25) is 5.91 Å². The van der Waals surface area contributed by atoms with Gasteiger partial charge in [0.1, 0.15) is 6.04 Å². The third-order valence-corrected chi connectivity index (χ3v) is 8.56. The first kappa shape index (κ1) is 32.1. The predicted molar refractivity (Wildman–Crippen MR) is 179 cm³/mol. The van der Waals surface area contributed by atoms with E-state index in [0.717, 1.165) is 38.9 Å². The Morgan fingerprint density at radius 2 is 1.79 bits per heavy atom. The molecule has 0 spiro atoms. The monoisotopic (exact) mass is 648 g/mol. The number of hydrazone groups is 1. The topological polar surface area (TPSA) is 169 Å². The number of aromatic nitrogens is 2. The minimum Gasteiger partial charge on any atom is -0.465 e. The number of anilines is 1. The lowest BCUT2D eigenvalue weighted by molar-refractivity contribution is -0.133. The summed E-state index contributed by atoms with van der Waals surface area (Å²) in [6.07, 6.45) is 5.50. The van der Waals surface area contributed by atoms with Gasteiger partial charge in [0.05, 0.1) is 17.1 Å². The molecule has 0 aliphatic carbocycles. The van der Waals surface area contributed by atoms with Crippen molar-refractivity contribution < 1.29 is 24.3 Å². The molecular weight excluding hydrogens is 612 g/mol. The number of hydrogen-bond donors (Lipinski definition) is 4. The molecule has 2 aromatic carbocycles. The number of fused-ring (bicyclic) bond motifs is 2. The summed E-state index contributed by atoms with van der Waals surface area (Å²) in [6.45, 7) is 3.17. The van der Waals surface area contributed by atoms with Crippen LogP contribution in [0.1, 0.15) is 54.4 Å². The van der Waals surface area contributed by atoms with Crippen molar-refractivity contribution in [3.63, 3.8) is 0 Å². The molecule has 5 amide bonds. The summed E-state index contributed by atoms with van der Waals surface area (Å²) in [6, 6.07) is 17.9. The van der Waals surface area contributed by atoms with E-state index in [-0.39, 0.29) is 11.9 Å². The average Bonchev–Trinajstić information content (AvgIpc) is 3.53. The summed E-state index contributed by atoms with van der Waals surface area (Å²) in [5, 5.41) is 23.8. The van der Waals surface area contributed by atoms with Crippen LogP contribution in [-0.2, 0) is 22.7 Å². The number of carboxylic acid groups (broad SMARTS) is 1. The minimum atomic E-state index is -1.27. The summed E-state index contributed by atoms with van der Waals surface area (Å²) in [5.41, 5.74) is 6.03. The van der Waals surface area contributed by atoms with E-state index in [0.29, 0.717) is 51.1 Å². The van der Waals surface area contributed by atoms with Crippen LogP contribution < -0.4 is 16.0 Å². The Bertz CT molecular complexity index is 1850. The number of hydrogen-bond acceptors (Lipinski definition) is 7. The number of amides is 5. The van der Waals surface area contributed by atoms with Gasteiger partial charge >= 0.3 is 12.1 Å². The van der Waals surface area contributed by atoms with Gasteiger partial charge in [-0.3, -0.25) is 19.6 Å². The maximum atomic E-state index is 13.9. The number of pyridine rings is 2. The van der Waals surface area contributed by atoms with Gasteiger partial charge in [-0.2, -0.15) is 5.10 Å². The second kappa shape index (κ2) is 14.3. The van der Waals surface area contributed by atoms with Gasteiger partial charge in [0.15, 0.2) is 0 Å². The SMILES string of the molecule is CC(NC(=O)O)C(=O)NCCCCN1N=C(c2ccc(NC(=O)N3Cc4ccncc4C3)cc2)CC(c2cccc3ncccc23)C1=O. The van der Waals surface area contributed by atoms with Crippen LogP contribution in [0.15, 0.2) is 84.4 Å². The molecule has 2 atom stereocenters. The fourth-order valence-corrected chi connectivity index (χ4v) is 6.02. The number of carbonyl (C=O) groups is 4. The molecule has 4 heterocycles. The first-order chi connectivity index (χ1) is 23.3. The van der Waals surface area contributed by atoms with Crippen LogP contribution in [0.3, 0.4) is 0 Å². The van der Waals surface area contributed by atoms with Crippen molar-refractivity contribution in [2.45, 2.75) is 51.2 Å². The van der Waals surface area contributed by atoms with Crippen LogP contribution in [0.4, 0.5) is 15.3 Å². The first-order valence-electron chi connectivity index (χ1n) is 15.8. The maximum Gasteiger partial charge on any atom is 0.405 e. The van der Waals surface area contributed by atoms with Crippen molar-refractivity contribution in [3.05, 3.63) is 102 Å². The molecule has 2 unspecified atom stereocenters. The fourth-order valence-electron chi connectivity index (χ4n) is 6.02. The zero-order valence-corrected chi connectivity index (χ0v) is 26.4. The number of nitrogens with one attached hydrogen (secondary N) is 3. The summed E-state index contributed by atoms with van der Waals surface area (Å²) < 4.78 is 0. The first-order valence-corrected chi connectivity index (χ1v) is 15.8. The molecule has 2 aromatic heterocycles. The van der Waals surface area contributed by atoms with Crippen molar-refractivity contribution in [1.82, 2.24) is 30.5 Å². The highest BCUT2D eigenvalue weighted by molar-refractivity contribution is 6.07. The Kier molecular flexibility index (Phi) is 9.55. The van der Waals surface area contributed by atoms with Crippen molar-refractivity contribution in [1.29, 1.82) is 0 Å². The van der Waals surface area contributed by atoms with Crippen molar-refractivity contribution in [2.24, 2.45) is 5.10 Å². The Morgan fingerprint density at radius 3 is 2.58 bits per heavy atom. The third-order valence-electron chi connectivity index (χ3n) is 8.56. The summed E-state index contributed by atoms with van der Waals surface area (Å²) in [5.74, 6) is -1.03. The summed E-state index contributed by atoms with van der Waals surface area (Å²) in [7, 11) is 0. The van der Waals surface area contributed by atoms with E-state index in [1.807, 2.05) is 60.7 Å². The van der Waals surface area contributed by atoms with Crippen molar-refractivity contribution in [3.8, 4) is 0 Å². The van der Waals surface area contributed by atoms with Gasteiger partial charge in [-0.1, -0.05) is 30.3 Å². The van der Waals surface area contributed by atoms with E-state index >= 15 is 0 Å². The van der Waals surface area contributed by atoms with E-state index in [1.54, 1.807) is 23.5 Å². The van der Waals surface area contributed by atoms with E-state index in [4.69, 9.17) is 10.2 Å². The van der Waals surface area contributed by atoms with Gasteiger partial charge < -0.3 is 26.0 Å². The molecule has 0 saturated carbocycles. The van der Waals surface area contributed by atoms with Gasteiger partial charge in [0, 0.05) is 62.3 Å². The van der Waals surface area contributed by atoms with Crippen molar-refractivity contribution >= 4 is 46.2 Å². The standard InChI is InChI=1S/C35H36N8O5/c1-22(39-35(47)48)32(44)38-14-2-3-17-43-33(45)29(27-6-4-8-30-28(27)7-5-15-37-30)18-31(41-43)23-9-11-26(12-10-23)40-34(46)42-20-24-13-16-36-19-25(24)21-42/h4-13,15-16,19,22,29,39H,2-3,14,17-18,20-21H2,1H3,(H,38,44)(H,40,46)(H,47,48). The normalized spacial score (nSPS) is 16.2. The smallest absolute Gasteiger partial charge is 0.405 e. The number of carbonyl (C=O) groups excluding carboxylic acids is 3. The largest absolute Gasteiger partial charge is 0.465 e. The zero-order chi connectivity index (χ0) is 33.6. The quantitative estimate of drug-likeness (QED) is 0.184. The number of benzene rings is 2. The minimum absolute atomic E-state index is 0.121. The highest BCUT2D eigenvalue weighted by Gasteiger charge is 2.33. The van der Waals surface area contributed by atoms with E-state index in [9.17, 15) is 19.2 Å². The molecular formula is C35H36N8O5. The van der Waals surface area contributed by atoms with Gasteiger partial charge in [-0.05, 0) is 72.4 Å². The van der Waals surface area contributed by atoms with E-state index < -0.39 is 24.0 Å². The molecule has 246 valence electrons. The maximum absolute atomic E-state index is 13.9. The predicted octanol–water partition coefficient (Wildman–Crippen LogP) is 4.45. The molecule has 13 nitrogen and oxygen atoms in total. The number of rotatable bonds is 10. The molecule has 2 aliphatic heterocycles. The highest BCUT2D eigenvalue weighted by atomic mass is 16.4. The lowest BCUT2D eigenvalue weighted by Gasteiger charge is -2.30. The number of unbranched alkanes of at least 4 members (excludes halogenated alkanes) is 1. The molecule has 0 bridgehead atoms. The van der Waals surface area contributed by atoms with E-state index in [1.165, 1.54) is 11.9 Å². The lowest BCUT2D eigenvalue weighted by Crippen LogP contribution is -2.44. The second-order valence-corrected chi connectivity index (χ2v) is 11.9. The molecule has 0 saturated heterocycles. The molecule has 48 heavy (non-hydrogen) atoms. The van der Waals surface area contributed by atoms with Crippen LogP contribution in [0.2, 0.25) is 0 Å². The summed E-state index contributed by atoms with van der Waals surface area (Å²) >= 11 is 0. The van der Waals surface area contributed by atoms with Gasteiger partial charge in [-0.15, -0.1) is 0 Å². The van der Waals surface area contributed by atoms with Crippen LogP contribution in [0.25, 0.3) is 10.9 Å². The molecule has 0 radical (unpaired) electrons. The van der Waals surface area contributed by atoms with Crippen LogP contribution in [0, 0.1) is 0 Å². The third kappa shape index (κ3) is 7.25. The highest BCUT2D eigenvalue weighted by Crippen LogP contribution is 2.33. The Labute approximate surface area is 277 Å². The Balaban J connectivity index is 1.16. The molecule has 4 N–H and O–H groups in total. The van der Waals surface area contributed by atoms with Gasteiger partial charge in [-0.25, -0.2) is 14.6 Å². The number of urea groups is 1. The second-order valence-electron chi connectivity index (χ2n) is 11.9. The van der Waals surface area contributed by atoms with Crippen LogP contribution in [-0.4, -0.2) is 73.8 Å². The molecule has 2 aliphatic rings. The lowest BCUT2D eigenvalue weighted by atomic mass is 9.86. The fraction of sp³-hybridized carbons (Fsp3) is 0.286.